The first kappa shape index (κ1) is 21.4. The molecule has 6 nitrogen and oxygen atoms in total. The summed E-state index contributed by atoms with van der Waals surface area (Å²) in [5, 5.41) is 6.92. The maximum atomic E-state index is 5.37. The molecule has 1 fully saturated rings. The smallest absolute Gasteiger partial charge is 0.190 e. The van der Waals surface area contributed by atoms with Crippen LogP contribution in [0.1, 0.15) is 37.7 Å². The Morgan fingerprint density at radius 3 is 2.48 bits per heavy atom. The van der Waals surface area contributed by atoms with Gasteiger partial charge in [-0.2, -0.15) is 0 Å². The zero-order valence-corrected chi connectivity index (χ0v) is 17.3. The molecule has 0 aromatic heterocycles. The third kappa shape index (κ3) is 6.31. The third-order valence-electron chi connectivity index (χ3n) is 5.49. The predicted molar refractivity (Wildman–Crippen MR) is 110 cm³/mol. The summed E-state index contributed by atoms with van der Waals surface area (Å²) in [6.45, 7) is 2.67. The van der Waals surface area contributed by atoms with Crippen LogP contribution in [-0.4, -0.2) is 54.0 Å². The van der Waals surface area contributed by atoms with Gasteiger partial charge in [-0.15, -0.1) is 0 Å². The first-order valence-corrected chi connectivity index (χ1v) is 9.81. The monoisotopic (exact) mass is 377 g/mol. The molecule has 1 saturated carbocycles. The normalized spacial score (nSPS) is 15.8. The fraction of sp³-hybridized carbons (Fsp3) is 0.667. The summed E-state index contributed by atoms with van der Waals surface area (Å²) in [4.78, 5) is 4.35. The minimum absolute atomic E-state index is 0.382. The molecule has 152 valence electrons. The molecule has 0 unspecified atom stereocenters. The maximum absolute atomic E-state index is 5.37. The van der Waals surface area contributed by atoms with Gasteiger partial charge in [0.25, 0.3) is 0 Å². The van der Waals surface area contributed by atoms with Crippen molar-refractivity contribution in [2.75, 3.05) is 48.1 Å². The summed E-state index contributed by atoms with van der Waals surface area (Å²) < 4.78 is 15.9. The fourth-order valence-corrected chi connectivity index (χ4v) is 3.54. The zero-order chi connectivity index (χ0) is 19.5. The van der Waals surface area contributed by atoms with Crippen molar-refractivity contribution in [2.24, 2.45) is 10.4 Å². The minimum Gasteiger partial charge on any atom is -0.493 e. The highest BCUT2D eigenvalue weighted by atomic mass is 16.5. The lowest BCUT2D eigenvalue weighted by atomic mass is 9.67. The number of aryl methyl sites for hydroxylation is 1. The van der Waals surface area contributed by atoms with Gasteiger partial charge in [0, 0.05) is 33.9 Å². The molecule has 2 rings (SSSR count). The number of nitrogens with zero attached hydrogens (tertiary/aromatic N) is 1. The summed E-state index contributed by atoms with van der Waals surface area (Å²) in [5.41, 5.74) is 1.62. The molecule has 6 heteroatoms. The van der Waals surface area contributed by atoms with Crippen LogP contribution < -0.4 is 20.1 Å². The zero-order valence-electron chi connectivity index (χ0n) is 17.3. The van der Waals surface area contributed by atoms with Crippen LogP contribution >= 0.6 is 0 Å². The van der Waals surface area contributed by atoms with Crippen molar-refractivity contribution < 1.29 is 14.2 Å². The van der Waals surface area contributed by atoms with Crippen LogP contribution in [0.25, 0.3) is 0 Å². The van der Waals surface area contributed by atoms with Crippen LogP contribution in [-0.2, 0) is 11.2 Å². The lowest BCUT2D eigenvalue weighted by Gasteiger charge is -2.42. The molecule has 27 heavy (non-hydrogen) atoms. The largest absolute Gasteiger partial charge is 0.493 e. The van der Waals surface area contributed by atoms with Gasteiger partial charge in [-0.05, 0) is 55.2 Å². The summed E-state index contributed by atoms with van der Waals surface area (Å²) in [6.07, 6.45) is 6.99. The Bertz CT molecular complexity index is 600. The van der Waals surface area contributed by atoms with Gasteiger partial charge in [0.2, 0.25) is 0 Å². The van der Waals surface area contributed by atoms with Gasteiger partial charge < -0.3 is 24.8 Å². The van der Waals surface area contributed by atoms with Gasteiger partial charge in [0.1, 0.15) is 0 Å². The van der Waals surface area contributed by atoms with Crippen LogP contribution in [0.4, 0.5) is 0 Å². The number of guanidine groups is 1. The lowest BCUT2D eigenvalue weighted by Crippen LogP contribution is -2.47. The topological polar surface area (TPSA) is 64.1 Å². The highest BCUT2D eigenvalue weighted by Gasteiger charge is 2.36. The molecular weight excluding hydrogens is 342 g/mol. The quantitative estimate of drug-likeness (QED) is 0.353. The average molecular weight is 378 g/mol. The second kappa shape index (κ2) is 11.0. The first-order chi connectivity index (χ1) is 13.2. The molecule has 0 atom stereocenters. The molecule has 2 N–H and O–H groups in total. The summed E-state index contributed by atoms with van der Waals surface area (Å²) >= 11 is 0. The summed E-state index contributed by atoms with van der Waals surface area (Å²) in [6, 6.07) is 6.09. The summed E-state index contributed by atoms with van der Waals surface area (Å²) in [5.74, 6) is 2.43. The number of rotatable bonds is 11. The Balaban J connectivity index is 1.72. The van der Waals surface area contributed by atoms with Crippen molar-refractivity contribution in [1.82, 2.24) is 10.6 Å². The van der Waals surface area contributed by atoms with E-state index in [2.05, 4.69) is 21.7 Å². The molecule has 1 aromatic carbocycles. The first-order valence-electron chi connectivity index (χ1n) is 9.81. The molecule has 0 aliphatic heterocycles. The molecule has 0 bridgehead atoms. The van der Waals surface area contributed by atoms with Crippen molar-refractivity contribution in [1.29, 1.82) is 0 Å². The molecule has 0 radical (unpaired) electrons. The van der Waals surface area contributed by atoms with Crippen molar-refractivity contribution in [3.8, 4) is 11.5 Å². The fourth-order valence-electron chi connectivity index (χ4n) is 3.54. The van der Waals surface area contributed by atoms with Gasteiger partial charge in [-0.25, -0.2) is 0 Å². The number of methoxy groups -OCH3 is 3. The van der Waals surface area contributed by atoms with Gasteiger partial charge in [-0.1, -0.05) is 12.5 Å². The van der Waals surface area contributed by atoms with E-state index in [9.17, 15) is 0 Å². The van der Waals surface area contributed by atoms with E-state index in [4.69, 9.17) is 14.2 Å². The molecule has 1 aromatic rings. The highest BCUT2D eigenvalue weighted by Crippen LogP contribution is 2.43. The van der Waals surface area contributed by atoms with Crippen LogP contribution in [0.15, 0.2) is 23.2 Å². The van der Waals surface area contributed by atoms with E-state index in [0.717, 1.165) is 56.4 Å². The molecule has 1 aliphatic rings. The van der Waals surface area contributed by atoms with Crippen molar-refractivity contribution in [3.05, 3.63) is 23.8 Å². The molecule has 0 amide bonds. The Morgan fingerprint density at radius 2 is 1.89 bits per heavy atom. The number of aliphatic imine (C=N–C) groups is 1. The number of hydrogen-bond acceptors (Lipinski definition) is 4. The molecule has 0 spiro atoms. The van der Waals surface area contributed by atoms with E-state index >= 15 is 0 Å². The van der Waals surface area contributed by atoms with Crippen LogP contribution in [0.2, 0.25) is 0 Å². The second-order valence-electron chi connectivity index (χ2n) is 7.24. The van der Waals surface area contributed by atoms with Crippen molar-refractivity contribution in [2.45, 2.75) is 38.5 Å². The van der Waals surface area contributed by atoms with E-state index < -0.39 is 0 Å². The maximum Gasteiger partial charge on any atom is 0.190 e. The Morgan fingerprint density at radius 1 is 1.11 bits per heavy atom. The highest BCUT2D eigenvalue weighted by molar-refractivity contribution is 5.79. The standard InChI is InChI=1S/C21H35N3O3/c1-22-20(24-16-21(10-6-11-21)12-14-25-2)23-13-5-7-17-8-9-18(26-3)19(15-17)27-4/h8-9,15H,5-7,10-14,16H2,1-4H3,(H2,22,23,24). The van der Waals surface area contributed by atoms with E-state index in [0.29, 0.717) is 5.41 Å². The van der Waals surface area contributed by atoms with Crippen LogP contribution in [0, 0.1) is 5.41 Å². The van der Waals surface area contributed by atoms with Gasteiger partial charge >= 0.3 is 0 Å². The minimum atomic E-state index is 0.382. The van der Waals surface area contributed by atoms with E-state index in [1.807, 2.05) is 19.2 Å². The van der Waals surface area contributed by atoms with E-state index in [1.165, 1.54) is 24.8 Å². The van der Waals surface area contributed by atoms with Crippen LogP contribution in [0.3, 0.4) is 0 Å². The van der Waals surface area contributed by atoms with E-state index in [-0.39, 0.29) is 0 Å². The van der Waals surface area contributed by atoms with Gasteiger partial charge in [0.15, 0.2) is 17.5 Å². The Kier molecular flexibility index (Phi) is 8.72. The summed E-state index contributed by atoms with van der Waals surface area (Å²) in [7, 11) is 6.92. The number of nitrogens with one attached hydrogen (secondary N) is 2. The predicted octanol–water partition coefficient (Wildman–Crippen LogP) is 3.01. The third-order valence-corrected chi connectivity index (χ3v) is 5.49. The van der Waals surface area contributed by atoms with Gasteiger partial charge in [0.05, 0.1) is 14.2 Å². The Hall–Kier alpha value is -1.95. The van der Waals surface area contributed by atoms with Crippen molar-refractivity contribution >= 4 is 5.96 Å². The molecular formula is C21H35N3O3. The van der Waals surface area contributed by atoms with Crippen LogP contribution in [0.5, 0.6) is 11.5 Å². The van der Waals surface area contributed by atoms with Crippen molar-refractivity contribution in [3.63, 3.8) is 0 Å². The Labute approximate surface area is 163 Å². The SMILES string of the molecule is CN=C(NCCCc1ccc(OC)c(OC)c1)NCC1(CCOC)CCC1. The lowest BCUT2D eigenvalue weighted by molar-refractivity contribution is 0.0732. The number of benzene rings is 1. The number of ether oxygens (including phenoxy) is 3. The molecule has 0 heterocycles. The number of hydrogen-bond donors (Lipinski definition) is 2. The van der Waals surface area contributed by atoms with Gasteiger partial charge in [-0.3, -0.25) is 4.99 Å². The second-order valence-corrected chi connectivity index (χ2v) is 7.24. The molecule has 0 saturated heterocycles. The molecule has 1 aliphatic carbocycles. The van der Waals surface area contributed by atoms with E-state index in [1.54, 1.807) is 21.3 Å². The average Bonchev–Trinajstić information content (AvgIpc) is 2.68.